The second-order valence-electron chi connectivity index (χ2n) is 3.55. The van der Waals surface area contributed by atoms with Gasteiger partial charge in [-0.3, -0.25) is 0 Å². The number of nitrogens with two attached hydrogens (primary N) is 1. The van der Waals surface area contributed by atoms with Crippen molar-refractivity contribution in [1.82, 2.24) is 9.97 Å². The molecule has 0 atom stereocenters. The van der Waals surface area contributed by atoms with Crippen LogP contribution >= 0.6 is 0 Å². The van der Waals surface area contributed by atoms with Gasteiger partial charge in [-0.1, -0.05) is 6.42 Å². The number of rotatable bonds is 3. The van der Waals surface area contributed by atoms with Gasteiger partial charge in [-0.15, -0.1) is 0 Å². The van der Waals surface area contributed by atoms with Crippen molar-refractivity contribution >= 4 is 5.82 Å². The van der Waals surface area contributed by atoms with Crippen LogP contribution in [0.4, 0.5) is 5.82 Å². The van der Waals surface area contributed by atoms with Crippen LogP contribution in [0.25, 0.3) is 0 Å². The van der Waals surface area contributed by atoms with Gasteiger partial charge in [-0.25, -0.2) is 9.97 Å². The number of aromatic nitrogens is 2. The molecule has 4 nitrogen and oxygen atoms in total. The maximum Gasteiger partial charge on any atom is 0.236 e. The van der Waals surface area contributed by atoms with Crippen LogP contribution in [0.15, 0.2) is 6.20 Å². The van der Waals surface area contributed by atoms with Crippen molar-refractivity contribution < 1.29 is 4.74 Å². The Morgan fingerprint density at radius 1 is 1.57 bits per heavy atom. The van der Waals surface area contributed by atoms with Gasteiger partial charge in [0, 0.05) is 5.92 Å². The molecule has 14 heavy (non-hydrogen) atoms. The van der Waals surface area contributed by atoms with Crippen molar-refractivity contribution in [3.05, 3.63) is 11.9 Å². The Morgan fingerprint density at radius 3 is 2.93 bits per heavy atom. The molecular weight excluding hydrogens is 178 g/mol. The lowest BCUT2D eigenvalue weighted by Gasteiger charge is -2.25. The van der Waals surface area contributed by atoms with E-state index in [2.05, 4.69) is 9.97 Å². The van der Waals surface area contributed by atoms with Crippen LogP contribution in [0.1, 0.15) is 37.8 Å². The molecule has 1 heterocycles. The van der Waals surface area contributed by atoms with Gasteiger partial charge in [0.05, 0.1) is 12.8 Å². The van der Waals surface area contributed by atoms with Gasteiger partial charge in [-0.05, 0) is 19.8 Å². The molecule has 4 heteroatoms. The van der Waals surface area contributed by atoms with Gasteiger partial charge in [-0.2, -0.15) is 0 Å². The van der Waals surface area contributed by atoms with E-state index in [1.165, 1.54) is 19.3 Å². The highest BCUT2D eigenvalue weighted by Gasteiger charge is 2.25. The summed E-state index contributed by atoms with van der Waals surface area (Å²) in [5.74, 6) is 1.65. The third-order valence-corrected chi connectivity index (χ3v) is 2.56. The van der Waals surface area contributed by atoms with Crippen LogP contribution in [0.3, 0.4) is 0 Å². The summed E-state index contributed by atoms with van der Waals surface area (Å²) in [6.07, 6.45) is 5.18. The monoisotopic (exact) mass is 193 g/mol. The average molecular weight is 193 g/mol. The molecule has 1 aliphatic carbocycles. The van der Waals surface area contributed by atoms with Gasteiger partial charge in [0.25, 0.3) is 0 Å². The zero-order valence-electron chi connectivity index (χ0n) is 8.36. The Labute approximate surface area is 83.5 Å². The number of ether oxygens (including phenoxy) is 1. The average Bonchev–Trinajstić information content (AvgIpc) is 2.07. The van der Waals surface area contributed by atoms with Crippen molar-refractivity contribution in [2.24, 2.45) is 0 Å². The minimum absolute atomic E-state index is 0.482. The first-order valence-corrected chi connectivity index (χ1v) is 5.06. The highest BCUT2D eigenvalue weighted by Crippen LogP contribution is 2.38. The van der Waals surface area contributed by atoms with E-state index in [0.717, 1.165) is 5.69 Å². The second kappa shape index (κ2) is 3.82. The van der Waals surface area contributed by atoms with Crippen LogP contribution < -0.4 is 10.5 Å². The Bertz CT molecular complexity index is 323. The van der Waals surface area contributed by atoms with Gasteiger partial charge >= 0.3 is 0 Å². The molecule has 2 rings (SSSR count). The number of anilines is 1. The lowest BCUT2D eigenvalue weighted by atomic mass is 9.83. The summed E-state index contributed by atoms with van der Waals surface area (Å²) in [6.45, 7) is 2.57. The molecule has 2 N–H and O–H groups in total. The highest BCUT2D eigenvalue weighted by molar-refractivity contribution is 5.33. The second-order valence-corrected chi connectivity index (χ2v) is 3.55. The molecular formula is C10H15N3O. The van der Waals surface area contributed by atoms with E-state index in [-0.39, 0.29) is 0 Å². The normalized spacial score (nSPS) is 16.4. The van der Waals surface area contributed by atoms with Gasteiger partial charge in [0.15, 0.2) is 0 Å². The maximum atomic E-state index is 5.61. The summed E-state index contributed by atoms with van der Waals surface area (Å²) in [5, 5.41) is 0. The van der Waals surface area contributed by atoms with Crippen molar-refractivity contribution in [1.29, 1.82) is 0 Å². The standard InChI is InChI=1S/C10H15N3O/c1-2-14-10-9(7-4-3-5-7)13-8(11)6-12-10/h6-7H,2-5H2,1H3,(H2,11,13). The molecule has 1 aromatic rings. The lowest BCUT2D eigenvalue weighted by molar-refractivity contribution is 0.306. The van der Waals surface area contributed by atoms with E-state index in [4.69, 9.17) is 10.5 Å². The third-order valence-electron chi connectivity index (χ3n) is 2.56. The van der Waals surface area contributed by atoms with E-state index in [0.29, 0.717) is 24.2 Å². The van der Waals surface area contributed by atoms with Crippen LogP contribution in [-0.4, -0.2) is 16.6 Å². The van der Waals surface area contributed by atoms with Gasteiger partial charge in [0.2, 0.25) is 5.88 Å². The Balaban J connectivity index is 2.27. The Hall–Kier alpha value is -1.32. The van der Waals surface area contributed by atoms with Crippen LogP contribution in [0, 0.1) is 0 Å². The van der Waals surface area contributed by atoms with Crippen molar-refractivity contribution in [2.75, 3.05) is 12.3 Å². The fourth-order valence-electron chi connectivity index (χ4n) is 1.60. The number of hydrogen-bond donors (Lipinski definition) is 1. The Morgan fingerprint density at radius 2 is 2.36 bits per heavy atom. The molecule has 0 bridgehead atoms. The molecule has 1 fully saturated rings. The van der Waals surface area contributed by atoms with E-state index >= 15 is 0 Å². The van der Waals surface area contributed by atoms with Crippen molar-refractivity contribution in [3.8, 4) is 5.88 Å². The lowest BCUT2D eigenvalue weighted by Crippen LogP contribution is -2.14. The summed E-state index contributed by atoms with van der Waals surface area (Å²) in [6, 6.07) is 0. The number of nitrogen functional groups attached to an aromatic ring is 1. The zero-order valence-corrected chi connectivity index (χ0v) is 8.36. The minimum atomic E-state index is 0.482. The largest absolute Gasteiger partial charge is 0.477 e. The van der Waals surface area contributed by atoms with Gasteiger partial charge in [0.1, 0.15) is 11.5 Å². The first kappa shape index (κ1) is 9.24. The van der Waals surface area contributed by atoms with E-state index in [1.54, 1.807) is 6.20 Å². The van der Waals surface area contributed by atoms with Crippen LogP contribution in [0.2, 0.25) is 0 Å². The highest BCUT2D eigenvalue weighted by atomic mass is 16.5. The Kier molecular flexibility index (Phi) is 2.52. The first-order chi connectivity index (χ1) is 6.81. The molecule has 0 spiro atoms. The number of nitrogens with zero attached hydrogens (tertiary/aromatic N) is 2. The molecule has 0 aromatic carbocycles. The maximum absolute atomic E-state index is 5.61. The predicted molar refractivity (Wildman–Crippen MR) is 54.2 cm³/mol. The summed E-state index contributed by atoms with van der Waals surface area (Å²) >= 11 is 0. The summed E-state index contributed by atoms with van der Waals surface area (Å²) < 4.78 is 5.42. The molecule has 0 saturated heterocycles. The molecule has 76 valence electrons. The fraction of sp³-hybridized carbons (Fsp3) is 0.600. The molecule has 0 radical (unpaired) electrons. The van der Waals surface area contributed by atoms with E-state index in [1.807, 2.05) is 6.92 Å². The molecule has 0 aliphatic heterocycles. The van der Waals surface area contributed by atoms with Crippen molar-refractivity contribution in [2.45, 2.75) is 32.1 Å². The van der Waals surface area contributed by atoms with E-state index in [9.17, 15) is 0 Å². The number of hydrogen-bond acceptors (Lipinski definition) is 4. The molecule has 0 unspecified atom stereocenters. The van der Waals surface area contributed by atoms with Crippen LogP contribution in [-0.2, 0) is 0 Å². The molecule has 1 aromatic heterocycles. The molecule has 1 aliphatic rings. The zero-order chi connectivity index (χ0) is 9.97. The SMILES string of the molecule is CCOc1ncc(N)nc1C1CCC1. The smallest absolute Gasteiger partial charge is 0.236 e. The minimum Gasteiger partial charge on any atom is -0.477 e. The quantitative estimate of drug-likeness (QED) is 0.794. The summed E-state index contributed by atoms with van der Waals surface area (Å²) in [5.41, 5.74) is 6.55. The first-order valence-electron chi connectivity index (χ1n) is 5.06. The topological polar surface area (TPSA) is 61.0 Å². The predicted octanol–water partition coefficient (Wildman–Crippen LogP) is 1.72. The molecule has 1 saturated carbocycles. The van der Waals surface area contributed by atoms with Crippen molar-refractivity contribution in [3.63, 3.8) is 0 Å². The third kappa shape index (κ3) is 1.64. The summed E-state index contributed by atoms with van der Waals surface area (Å²) in [4.78, 5) is 8.47. The fourth-order valence-corrected chi connectivity index (χ4v) is 1.60. The van der Waals surface area contributed by atoms with E-state index < -0.39 is 0 Å². The van der Waals surface area contributed by atoms with Gasteiger partial charge < -0.3 is 10.5 Å². The summed E-state index contributed by atoms with van der Waals surface area (Å²) in [7, 11) is 0. The molecule has 0 amide bonds. The van der Waals surface area contributed by atoms with Crippen LogP contribution in [0.5, 0.6) is 5.88 Å².